The number of hydrogen-bond donors (Lipinski definition) is 1. The predicted octanol–water partition coefficient (Wildman–Crippen LogP) is 1.47. The Balaban J connectivity index is 3.74. The Morgan fingerprint density at radius 2 is 1.73 bits per heavy atom. The second-order valence-electron chi connectivity index (χ2n) is 5.15. The van der Waals surface area contributed by atoms with Crippen molar-refractivity contribution in [3.8, 4) is 0 Å². The molecule has 0 saturated carbocycles. The molecule has 0 atom stereocenters. The van der Waals surface area contributed by atoms with Crippen LogP contribution in [0.2, 0.25) is 0 Å². The topological polar surface area (TPSA) is 61.5 Å². The van der Waals surface area contributed by atoms with E-state index in [1.807, 2.05) is 34.6 Å². The van der Waals surface area contributed by atoms with E-state index in [0.29, 0.717) is 13.2 Å². The summed E-state index contributed by atoms with van der Waals surface area (Å²) in [4.78, 5) is 11.3. The molecular weight excluding hydrogens is 194 g/mol. The summed E-state index contributed by atoms with van der Waals surface area (Å²) in [6, 6.07) is 0. The van der Waals surface area contributed by atoms with Crippen molar-refractivity contribution in [3.05, 3.63) is 0 Å². The number of carbonyl (C=O) groups is 1. The van der Waals surface area contributed by atoms with E-state index in [-0.39, 0.29) is 18.0 Å². The first-order valence-corrected chi connectivity index (χ1v) is 5.22. The third-order valence-electron chi connectivity index (χ3n) is 1.71. The van der Waals surface area contributed by atoms with Gasteiger partial charge >= 0.3 is 5.97 Å². The molecule has 0 fully saturated rings. The van der Waals surface area contributed by atoms with Crippen LogP contribution in [0.15, 0.2) is 0 Å². The van der Waals surface area contributed by atoms with Crippen LogP contribution in [0.1, 0.15) is 41.0 Å². The molecule has 0 aromatic carbocycles. The SMILES string of the molecule is CC(C)(C)OC(=O)CCOC(C)(C)CN. The van der Waals surface area contributed by atoms with E-state index in [2.05, 4.69) is 0 Å². The van der Waals surface area contributed by atoms with Crippen molar-refractivity contribution in [2.75, 3.05) is 13.2 Å². The molecule has 0 rings (SSSR count). The lowest BCUT2D eigenvalue weighted by Crippen LogP contribution is -2.35. The summed E-state index contributed by atoms with van der Waals surface area (Å²) in [7, 11) is 0. The number of rotatable bonds is 5. The zero-order chi connectivity index (χ0) is 12.1. The maximum Gasteiger partial charge on any atom is 0.308 e. The fourth-order valence-electron chi connectivity index (χ4n) is 0.862. The average molecular weight is 217 g/mol. The fraction of sp³-hybridized carbons (Fsp3) is 0.909. The van der Waals surface area contributed by atoms with Gasteiger partial charge in [0.15, 0.2) is 0 Å². The number of hydrogen-bond acceptors (Lipinski definition) is 4. The van der Waals surface area contributed by atoms with Gasteiger partial charge in [0.1, 0.15) is 5.60 Å². The van der Waals surface area contributed by atoms with Gasteiger partial charge in [0.25, 0.3) is 0 Å². The normalized spacial score (nSPS) is 12.7. The van der Waals surface area contributed by atoms with E-state index >= 15 is 0 Å². The van der Waals surface area contributed by atoms with Gasteiger partial charge in [-0.15, -0.1) is 0 Å². The molecule has 0 aliphatic rings. The van der Waals surface area contributed by atoms with Crippen molar-refractivity contribution in [2.24, 2.45) is 5.73 Å². The monoisotopic (exact) mass is 217 g/mol. The minimum atomic E-state index is -0.430. The van der Waals surface area contributed by atoms with Gasteiger partial charge in [-0.25, -0.2) is 0 Å². The highest BCUT2D eigenvalue weighted by Crippen LogP contribution is 2.10. The van der Waals surface area contributed by atoms with Crippen LogP contribution >= 0.6 is 0 Å². The van der Waals surface area contributed by atoms with Gasteiger partial charge in [-0.1, -0.05) is 0 Å². The number of ether oxygens (including phenoxy) is 2. The molecular formula is C11H23NO3. The first-order valence-electron chi connectivity index (χ1n) is 5.22. The molecule has 90 valence electrons. The summed E-state index contributed by atoms with van der Waals surface area (Å²) in [5.74, 6) is -0.240. The van der Waals surface area contributed by atoms with Crippen molar-refractivity contribution in [2.45, 2.75) is 52.2 Å². The van der Waals surface area contributed by atoms with Gasteiger partial charge in [0.2, 0.25) is 0 Å². The number of esters is 1. The lowest BCUT2D eigenvalue weighted by molar-refractivity contribution is -0.157. The van der Waals surface area contributed by atoms with Crippen LogP contribution in [0.3, 0.4) is 0 Å². The standard InChI is InChI=1S/C11H23NO3/c1-10(2,3)15-9(13)6-7-14-11(4,5)8-12/h6-8,12H2,1-5H3. The molecule has 0 saturated heterocycles. The van der Waals surface area contributed by atoms with Gasteiger partial charge in [-0.3, -0.25) is 4.79 Å². The Morgan fingerprint density at radius 3 is 2.13 bits per heavy atom. The molecule has 15 heavy (non-hydrogen) atoms. The highest BCUT2D eigenvalue weighted by atomic mass is 16.6. The smallest absolute Gasteiger partial charge is 0.308 e. The molecule has 0 aromatic heterocycles. The first-order chi connectivity index (χ1) is 6.66. The average Bonchev–Trinajstić information content (AvgIpc) is 2.00. The molecule has 4 heteroatoms. The van der Waals surface area contributed by atoms with Crippen molar-refractivity contribution in [3.63, 3.8) is 0 Å². The maximum absolute atomic E-state index is 11.3. The minimum Gasteiger partial charge on any atom is -0.460 e. The Bertz CT molecular complexity index is 206. The zero-order valence-electron chi connectivity index (χ0n) is 10.4. The summed E-state index contributed by atoms with van der Waals surface area (Å²) in [6.45, 7) is 10.1. The fourth-order valence-corrected chi connectivity index (χ4v) is 0.862. The number of carbonyl (C=O) groups excluding carboxylic acids is 1. The van der Waals surface area contributed by atoms with Crippen LogP contribution in [0, 0.1) is 0 Å². The molecule has 0 aromatic rings. The van der Waals surface area contributed by atoms with E-state index in [1.165, 1.54) is 0 Å². The van der Waals surface area contributed by atoms with Gasteiger partial charge in [-0.2, -0.15) is 0 Å². The van der Waals surface area contributed by atoms with E-state index in [0.717, 1.165) is 0 Å². The Kier molecular flexibility index (Phi) is 5.24. The van der Waals surface area contributed by atoms with Gasteiger partial charge in [-0.05, 0) is 34.6 Å². The van der Waals surface area contributed by atoms with E-state index < -0.39 is 5.60 Å². The first kappa shape index (κ1) is 14.4. The van der Waals surface area contributed by atoms with Crippen LogP contribution in [0.5, 0.6) is 0 Å². The molecule has 0 spiro atoms. The van der Waals surface area contributed by atoms with Crippen LogP contribution in [-0.2, 0) is 14.3 Å². The van der Waals surface area contributed by atoms with E-state index in [9.17, 15) is 4.79 Å². The Labute approximate surface area is 92.1 Å². The highest BCUT2D eigenvalue weighted by molar-refractivity contribution is 5.69. The van der Waals surface area contributed by atoms with Crippen molar-refractivity contribution in [1.29, 1.82) is 0 Å². The summed E-state index contributed by atoms with van der Waals surface area (Å²) < 4.78 is 10.6. The van der Waals surface area contributed by atoms with Crippen LogP contribution in [0.25, 0.3) is 0 Å². The molecule has 4 nitrogen and oxygen atoms in total. The highest BCUT2D eigenvalue weighted by Gasteiger charge is 2.19. The third-order valence-corrected chi connectivity index (χ3v) is 1.71. The van der Waals surface area contributed by atoms with Crippen LogP contribution in [0.4, 0.5) is 0 Å². The summed E-state index contributed by atoms with van der Waals surface area (Å²) >= 11 is 0. The third kappa shape index (κ3) is 8.39. The van der Waals surface area contributed by atoms with Crippen LogP contribution < -0.4 is 5.73 Å². The maximum atomic E-state index is 11.3. The van der Waals surface area contributed by atoms with Crippen molar-refractivity contribution in [1.82, 2.24) is 0 Å². The van der Waals surface area contributed by atoms with Gasteiger partial charge in [0.05, 0.1) is 18.6 Å². The van der Waals surface area contributed by atoms with Gasteiger partial charge < -0.3 is 15.2 Å². The largest absolute Gasteiger partial charge is 0.460 e. The molecule has 0 radical (unpaired) electrons. The second kappa shape index (κ2) is 5.47. The second-order valence-corrected chi connectivity index (χ2v) is 5.15. The molecule has 2 N–H and O–H groups in total. The summed E-state index contributed by atoms with van der Waals surface area (Å²) in [6.07, 6.45) is 0.265. The molecule has 0 bridgehead atoms. The lowest BCUT2D eigenvalue weighted by atomic mass is 10.1. The van der Waals surface area contributed by atoms with Gasteiger partial charge in [0, 0.05) is 6.54 Å². The zero-order valence-corrected chi connectivity index (χ0v) is 10.4. The summed E-state index contributed by atoms with van der Waals surface area (Å²) in [5, 5.41) is 0. The Morgan fingerprint density at radius 1 is 1.20 bits per heavy atom. The summed E-state index contributed by atoms with van der Waals surface area (Å²) in [5.41, 5.74) is 4.68. The number of nitrogens with two attached hydrogens (primary N) is 1. The van der Waals surface area contributed by atoms with Crippen LogP contribution in [-0.4, -0.2) is 30.3 Å². The lowest BCUT2D eigenvalue weighted by Gasteiger charge is -2.24. The molecule has 0 aliphatic heterocycles. The molecule has 0 amide bonds. The molecule has 0 heterocycles. The van der Waals surface area contributed by atoms with E-state index in [1.54, 1.807) is 0 Å². The predicted molar refractivity (Wildman–Crippen MR) is 59.5 cm³/mol. The van der Waals surface area contributed by atoms with E-state index in [4.69, 9.17) is 15.2 Å². The minimum absolute atomic E-state index is 0.240. The molecule has 0 unspecified atom stereocenters. The van der Waals surface area contributed by atoms with Crippen molar-refractivity contribution >= 4 is 5.97 Å². The Hall–Kier alpha value is -0.610. The quantitative estimate of drug-likeness (QED) is 0.708. The van der Waals surface area contributed by atoms with Crippen molar-refractivity contribution < 1.29 is 14.3 Å². The molecule has 0 aliphatic carbocycles.